The van der Waals surface area contributed by atoms with E-state index >= 15 is 17.6 Å². The van der Waals surface area contributed by atoms with Crippen LogP contribution in [0.3, 0.4) is 0 Å². The summed E-state index contributed by atoms with van der Waals surface area (Å²) in [7, 11) is 3.02. The predicted molar refractivity (Wildman–Crippen MR) is 280 cm³/mol. The fraction of sp³-hybridized carbons (Fsp3) is 0.207. The number of ether oxygens (including phenoxy) is 5. The molecule has 6 aromatic heterocycles. The molecule has 0 aliphatic heterocycles. The summed E-state index contributed by atoms with van der Waals surface area (Å²) in [5.74, 6) is -3.70. The Morgan fingerprint density at radius 3 is 1.35 bits per heavy atom. The van der Waals surface area contributed by atoms with Crippen molar-refractivity contribution in [2.75, 3.05) is 27.4 Å². The van der Waals surface area contributed by atoms with E-state index in [1.54, 1.807) is 82.5 Å². The van der Waals surface area contributed by atoms with Crippen LogP contribution in [-0.2, 0) is 53.4 Å². The Morgan fingerprint density at radius 1 is 0.506 bits per heavy atom. The first-order valence-electron chi connectivity index (χ1n) is 24.7. The third kappa shape index (κ3) is 12.1. The molecule has 0 bridgehead atoms. The van der Waals surface area contributed by atoms with Crippen molar-refractivity contribution in [2.45, 2.75) is 53.0 Å². The van der Waals surface area contributed by atoms with Gasteiger partial charge in [0.05, 0.1) is 93.0 Å². The van der Waals surface area contributed by atoms with Crippen LogP contribution in [0.15, 0.2) is 122 Å². The van der Waals surface area contributed by atoms with Crippen molar-refractivity contribution in [3.63, 3.8) is 0 Å². The number of aromatic nitrogens is 10. The number of rotatable bonds is 20. The maximum atomic E-state index is 15.9. The Morgan fingerprint density at radius 2 is 0.949 bits per heavy atom. The Hall–Kier alpha value is -9.34. The number of pyridine rings is 2. The molecule has 6 heterocycles. The van der Waals surface area contributed by atoms with E-state index in [1.165, 1.54) is 38.5 Å². The van der Waals surface area contributed by atoms with Gasteiger partial charge in [-0.2, -0.15) is 0 Å². The highest BCUT2D eigenvalue weighted by atomic mass is 19.1. The smallest absolute Gasteiger partial charge is 0.346 e. The van der Waals surface area contributed by atoms with E-state index in [4.69, 9.17) is 33.7 Å². The number of fused-ring (bicyclic) bond motifs is 2. The molecular formula is C58H48F4N10O7. The number of aryl methyl sites for hydroxylation is 2. The van der Waals surface area contributed by atoms with E-state index in [-0.39, 0.29) is 109 Å². The molecule has 0 aliphatic carbocycles. The molecule has 0 radical (unpaired) electrons. The second-order valence-electron chi connectivity index (χ2n) is 18.2. The molecule has 0 spiro atoms. The van der Waals surface area contributed by atoms with Gasteiger partial charge in [0.2, 0.25) is 11.8 Å². The van der Waals surface area contributed by atoms with E-state index in [0.29, 0.717) is 45.1 Å². The minimum Gasteiger partial charge on any atom is -0.471 e. The number of nitrogens with zero attached hydrogens (tertiary/aromatic N) is 10. The van der Waals surface area contributed by atoms with Crippen LogP contribution in [0, 0.1) is 37.1 Å². The van der Waals surface area contributed by atoms with E-state index in [1.807, 2.05) is 13.8 Å². The standard InChI is InChI=1S/C58H48F4N10O7/c1-33-27-65-39(29-63-33)31-77-55-9-5-7-47(69-55)41-25-43(59)37(19-45(41)61)23-53-67-49-13-11-35(21-51(49)71(53)15-17-75-3)57(73)79-58(74)36-12-14-50-52(22-36)72(16-18-76-4)54(68-50)24-38-20-46(62)42(26-44(38)60)48-8-6-10-56(70-48)78-32-40-30-64-34(2)28-66-40/h5-14,19-22,25-30H,15-18,23-24,31-32H2,1-4H3. The highest BCUT2D eigenvalue weighted by Crippen LogP contribution is 2.31. The van der Waals surface area contributed by atoms with Gasteiger partial charge in [0.15, 0.2) is 0 Å². The summed E-state index contributed by atoms with van der Waals surface area (Å²) >= 11 is 0. The number of esters is 2. The number of carbonyl (C=O) groups is 2. The van der Waals surface area contributed by atoms with Crippen LogP contribution >= 0.6 is 0 Å². The third-order valence-electron chi connectivity index (χ3n) is 12.7. The normalized spacial score (nSPS) is 11.4. The largest absolute Gasteiger partial charge is 0.471 e. The number of halogens is 4. The minimum atomic E-state index is -0.968. The molecule has 0 atom stereocenters. The highest BCUT2D eigenvalue weighted by Gasteiger charge is 2.23. The zero-order valence-electron chi connectivity index (χ0n) is 43.0. The van der Waals surface area contributed by atoms with Gasteiger partial charge in [0, 0.05) is 75.8 Å². The average molecular weight is 1070 g/mol. The lowest BCUT2D eigenvalue weighted by Gasteiger charge is -2.12. The fourth-order valence-corrected chi connectivity index (χ4v) is 8.69. The second-order valence-corrected chi connectivity index (χ2v) is 18.2. The molecule has 17 nitrogen and oxygen atoms in total. The molecule has 0 saturated carbocycles. The van der Waals surface area contributed by atoms with Crippen molar-refractivity contribution in [3.8, 4) is 34.3 Å². The Balaban J connectivity index is 0.841. The molecule has 0 fully saturated rings. The van der Waals surface area contributed by atoms with Crippen LogP contribution in [-0.4, -0.2) is 88.4 Å². The van der Waals surface area contributed by atoms with Crippen molar-refractivity contribution in [1.82, 2.24) is 49.0 Å². The number of imidazole rings is 2. The van der Waals surface area contributed by atoms with Gasteiger partial charge in [-0.1, -0.05) is 12.1 Å². The first-order valence-corrected chi connectivity index (χ1v) is 24.7. The second kappa shape index (κ2) is 23.5. The SMILES string of the molecule is COCCn1c(Cc2cc(F)c(-c3cccc(OCc4cnc(C)cn4)n3)cc2F)nc2ccc(C(=O)OC(=O)c3ccc4nc(Cc5cc(F)c(-c6cccc(OCc7cnc(C)cn7)n6)cc5F)n(CCOC)c4c3)cc21. The first-order chi connectivity index (χ1) is 38.3. The lowest BCUT2D eigenvalue weighted by molar-refractivity contribution is 0.0397. The van der Waals surface area contributed by atoms with Crippen LogP contribution in [0.2, 0.25) is 0 Å². The molecule has 10 rings (SSSR count). The van der Waals surface area contributed by atoms with Gasteiger partial charge in [-0.3, -0.25) is 19.9 Å². The Bertz CT molecular complexity index is 3640. The van der Waals surface area contributed by atoms with Crippen molar-refractivity contribution < 1.29 is 50.8 Å². The number of hydrogen-bond acceptors (Lipinski definition) is 15. The van der Waals surface area contributed by atoms with Crippen molar-refractivity contribution in [1.29, 1.82) is 0 Å². The van der Waals surface area contributed by atoms with Gasteiger partial charge in [-0.05, 0) is 97.8 Å². The van der Waals surface area contributed by atoms with Crippen LogP contribution in [0.5, 0.6) is 11.8 Å². The topological polar surface area (TPSA) is 193 Å². The average Bonchev–Trinajstić information content (AvgIpc) is 4.08. The van der Waals surface area contributed by atoms with Gasteiger partial charge < -0.3 is 32.8 Å². The van der Waals surface area contributed by atoms with Gasteiger partial charge in [-0.15, -0.1) is 0 Å². The summed E-state index contributed by atoms with van der Waals surface area (Å²) in [5.41, 5.74) is 4.65. The first kappa shape index (κ1) is 53.1. The maximum Gasteiger partial charge on any atom is 0.346 e. The molecule has 0 unspecified atom stereocenters. The number of benzene rings is 4. The van der Waals surface area contributed by atoms with Crippen LogP contribution in [0.1, 0.15) is 66.3 Å². The van der Waals surface area contributed by atoms with E-state index in [0.717, 1.165) is 35.7 Å². The summed E-state index contributed by atoms with van der Waals surface area (Å²) in [4.78, 5) is 62.5. The summed E-state index contributed by atoms with van der Waals surface area (Å²) in [6, 6.07) is 22.9. The molecule has 79 heavy (non-hydrogen) atoms. The number of hydrogen-bond donors (Lipinski definition) is 0. The lowest BCUT2D eigenvalue weighted by atomic mass is 10.0. The highest BCUT2D eigenvalue weighted by molar-refractivity contribution is 6.05. The molecular weight excluding hydrogens is 1020 g/mol. The summed E-state index contributed by atoms with van der Waals surface area (Å²) in [5, 5.41) is 0. The maximum absolute atomic E-state index is 15.9. The Labute approximate surface area is 448 Å². The number of methoxy groups -OCH3 is 2. The van der Waals surface area contributed by atoms with E-state index in [9.17, 15) is 9.59 Å². The third-order valence-corrected chi connectivity index (χ3v) is 12.7. The van der Waals surface area contributed by atoms with E-state index in [2.05, 4.69) is 29.9 Å². The molecule has 0 N–H and O–H groups in total. The van der Waals surface area contributed by atoms with Crippen LogP contribution in [0.4, 0.5) is 17.6 Å². The molecule has 0 saturated heterocycles. The van der Waals surface area contributed by atoms with Crippen molar-refractivity contribution in [2.24, 2.45) is 0 Å². The molecule has 4 aromatic carbocycles. The van der Waals surface area contributed by atoms with Crippen LogP contribution in [0.25, 0.3) is 44.6 Å². The number of carbonyl (C=O) groups excluding carboxylic acids is 2. The fourth-order valence-electron chi connectivity index (χ4n) is 8.69. The lowest BCUT2D eigenvalue weighted by Crippen LogP contribution is -2.14. The summed E-state index contributed by atoms with van der Waals surface area (Å²) < 4.78 is 94.7. The molecule has 400 valence electrons. The minimum absolute atomic E-state index is 0.0112. The van der Waals surface area contributed by atoms with Crippen molar-refractivity contribution in [3.05, 3.63) is 202 Å². The quantitative estimate of drug-likeness (QED) is 0.0397. The summed E-state index contributed by atoms with van der Waals surface area (Å²) in [6.45, 7) is 4.66. The predicted octanol–water partition coefficient (Wildman–Crippen LogP) is 9.89. The molecule has 10 aromatic rings. The molecule has 0 aliphatic rings. The van der Waals surface area contributed by atoms with Crippen LogP contribution < -0.4 is 9.47 Å². The van der Waals surface area contributed by atoms with Gasteiger partial charge in [-0.25, -0.2) is 47.1 Å². The molecule has 0 amide bonds. The van der Waals surface area contributed by atoms with Gasteiger partial charge in [0.1, 0.15) is 48.1 Å². The van der Waals surface area contributed by atoms with Gasteiger partial charge in [0.25, 0.3) is 0 Å². The van der Waals surface area contributed by atoms with E-state index < -0.39 is 35.2 Å². The Kier molecular flexibility index (Phi) is 15.8. The monoisotopic (exact) mass is 1070 g/mol. The zero-order chi connectivity index (χ0) is 55.2. The van der Waals surface area contributed by atoms with Crippen molar-refractivity contribution >= 4 is 34.0 Å². The zero-order valence-corrected chi connectivity index (χ0v) is 43.0. The van der Waals surface area contributed by atoms with Gasteiger partial charge >= 0.3 is 11.9 Å². The summed E-state index contributed by atoms with van der Waals surface area (Å²) in [6.07, 6.45) is 6.12. The molecule has 21 heteroatoms.